The van der Waals surface area contributed by atoms with Gasteiger partial charge in [-0.3, -0.25) is 4.79 Å². The van der Waals surface area contributed by atoms with Gasteiger partial charge in [0.2, 0.25) is 0 Å². The number of rotatable bonds is 7. The van der Waals surface area contributed by atoms with Gasteiger partial charge < -0.3 is 14.2 Å². The van der Waals surface area contributed by atoms with E-state index in [9.17, 15) is 4.79 Å². The van der Waals surface area contributed by atoms with Gasteiger partial charge in [-0.1, -0.05) is 12.1 Å². The molecule has 0 spiro atoms. The largest absolute Gasteiger partial charge is 0.497 e. The second-order valence-electron chi connectivity index (χ2n) is 4.64. The van der Waals surface area contributed by atoms with Gasteiger partial charge in [-0.15, -0.1) is 0 Å². The molecule has 1 aromatic rings. The highest BCUT2D eigenvalue weighted by Crippen LogP contribution is 2.49. The molecule has 0 bridgehead atoms. The average Bonchev–Trinajstić information content (AvgIpc) is 3.25. The number of benzene rings is 1. The lowest BCUT2D eigenvalue weighted by atomic mass is 9.96. The Kier molecular flexibility index (Phi) is 4.43. The smallest absolute Gasteiger partial charge is 0.316 e. The maximum Gasteiger partial charge on any atom is 0.316 e. The van der Waals surface area contributed by atoms with Crippen molar-refractivity contribution < 1.29 is 19.0 Å². The first kappa shape index (κ1) is 13.9. The Labute approximate surface area is 113 Å². The Morgan fingerprint density at radius 3 is 2.42 bits per heavy atom. The number of hydrogen-bond donors (Lipinski definition) is 0. The van der Waals surface area contributed by atoms with Crippen LogP contribution in [0.5, 0.6) is 5.75 Å². The molecule has 1 fully saturated rings. The van der Waals surface area contributed by atoms with Crippen molar-refractivity contribution in [3.63, 3.8) is 0 Å². The zero-order valence-electron chi connectivity index (χ0n) is 11.5. The molecule has 4 heteroatoms. The molecule has 0 heterocycles. The summed E-state index contributed by atoms with van der Waals surface area (Å²) in [7, 11) is 1.63. The molecule has 19 heavy (non-hydrogen) atoms. The number of carbonyl (C=O) groups excluding carboxylic acids is 1. The van der Waals surface area contributed by atoms with Crippen LogP contribution in [0.4, 0.5) is 0 Å². The van der Waals surface area contributed by atoms with Crippen LogP contribution >= 0.6 is 0 Å². The molecule has 2 rings (SSSR count). The van der Waals surface area contributed by atoms with Crippen molar-refractivity contribution in [1.82, 2.24) is 0 Å². The summed E-state index contributed by atoms with van der Waals surface area (Å²) in [6.45, 7) is 3.34. The number of hydrogen-bond acceptors (Lipinski definition) is 4. The van der Waals surface area contributed by atoms with E-state index in [4.69, 9.17) is 14.2 Å². The third-order valence-corrected chi connectivity index (χ3v) is 3.45. The van der Waals surface area contributed by atoms with Crippen LogP contribution in [0.15, 0.2) is 24.3 Å². The van der Waals surface area contributed by atoms with E-state index in [0.29, 0.717) is 19.8 Å². The summed E-state index contributed by atoms with van der Waals surface area (Å²) in [5, 5.41) is 0. The molecule has 1 aromatic carbocycles. The van der Waals surface area contributed by atoms with Crippen molar-refractivity contribution in [3.05, 3.63) is 29.8 Å². The van der Waals surface area contributed by atoms with E-state index in [0.717, 1.165) is 24.2 Å². The molecule has 0 saturated heterocycles. The molecule has 0 radical (unpaired) electrons. The van der Waals surface area contributed by atoms with E-state index < -0.39 is 5.41 Å². The van der Waals surface area contributed by atoms with E-state index >= 15 is 0 Å². The second-order valence-corrected chi connectivity index (χ2v) is 4.64. The van der Waals surface area contributed by atoms with Crippen molar-refractivity contribution in [2.45, 2.75) is 25.2 Å². The minimum atomic E-state index is -0.432. The Hall–Kier alpha value is -1.55. The summed E-state index contributed by atoms with van der Waals surface area (Å²) in [5.74, 6) is 0.654. The fourth-order valence-electron chi connectivity index (χ4n) is 2.12. The van der Waals surface area contributed by atoms with Gasteiger partial charge >= 0.3 is 5.97 Å². The monoisotopic (exact) mass is 264 g/mol. The highest BCUT2D eigenvalue weighted by molar-refractivity contribution is 5.86. The first-order chi connectivity index (χ1) is 9.23. The van der Waals surface area contributed by atoms with E-state index in [1.165, 1.54) is 0 Å². The fourth-order valence-corrected chi connectivity index (χ4v) is 2.12. The quantitative estimate of drug-likeness (QED) is 0.560. The molecule has 0 amide bonds. The third kappa shape index (κ3) is 3.07. The maximum absolute atomic E-state index is 12.1. The molecule has 0 unspecified atom stereocenters. The lowest BCUT2D eigenvalue weighted by Gasteiger charge is -2.15. The number of esters is 1. The van der Waals surface area contributed by atoms with Crippen LogP contribution in [0.2, 0.25) is 0 Å². The molecule has 1 aliphatic carbocycles. The van der Waals surface area contributed by atoms with Gasteiger partial charge in [0, 0.05) is 6.61 Å². The van der Waals surface area contributed by atoms with Crippen molar-refractivity contribution in [2.75, 3.05) is 26.9 Å². The Morgan fingerprint density at radius 1 is 1.21 bits per heavy atom. The first-order valence-corrected chi connectivity index (χ1v) is 6.62. The van der Waals surface area contributed by atoms with E-state index in [1.54, 1.807) is 7.11 Å². The van der Waals surface area contributed by atoms with Crippen LogP contribution in [0.3, 0.4) is 0 Å². The topological polar surface area (TPSA) is 44.8 Å². The summed E-state index contributed by atoms with van der Waals surface area (Å²) < 4.78 is 15.6. The van der Waals surface area contributed by atoms with Crippen LogP contribution < -0.4 is 4.74 Å². The van der Waals surface area contributed by atoms with Crippen molar-refractivity contribution in [2.24, 2.45) is 0 Å². The van der Waals surface area contributed by atoms with Gasteiger partial charge in [0.05, 0.1) is 19.1 Å². The van der Waals surface area contributed by atoms with Crippen molar-refractivity contribution >= 4 is 5.97 Å². The van der Waals surface area contributed by atoms with Crippen LogP contribution in [-0.4, -0.2) is 32.9 Å². The summed E-state index contributed by atoms with van der Waals surface area (Å²) in [6.07, 6.45) is 1.71. The minimum Gasteiger partial charge on any atom is -0.497 e. The molecule has 104 valence electrons. The minimum absolute atomic E-state index is 0.141. The number of carbonyl (C=O) groups is 1. The third-order valence-electron chi connectivity index (χ3n) is 3.45. The van der Waals surface area contributed by atoms with Crippen LogP contribution in [0.25, 0.3) is 0 Å². The highest BCUT2D eigenvalue weighted by atomic mass is 16.6. The number of ether oxygens (including phenoxy) is 3. The van der Waals surface area contributed by atoms with E-state index in [1.807, 2.05) is 31.2 Å². The lowest BCUT2D eigenvalue weighted by molar-refractivity contribution is -0.148. The molecule has 0 N–H and O–H groups in total. The van der Waals surface area contributed by atoms with Gasteiger partial charge in [0.15, 0.2) is 0 Å². The van der Waals surface area contributed by atoms with Gasteiger partial charge in [0.25, 0.3) is 0 Å². The van der Waals surface area contributed by atoms with Gasteiger partial charge in [-0.2, -0.15) is 0 Å². The fraction of sp³-hybridized carbons (Fsp3) is 0.533. The molecule has 0 aromatic heterocycles. The van der Waals surface area contributed by atoms with Gasteiger partial charge in [-0.25, -0.2) is 0 Å². The normalized spacial score (nSPS) is 15.9. The highest BCUT2D eigenvalue weighted by Gasteiger charge is 2.52. The van der Waals surface area contributed by atoms with Crippen LogP contribution in [-0.2, 0) is 19.7 Å². The van der Waals surface area contributed by atoms with Gasteiger partial charge in [0.1, 0.15) is 12.4 Å². The van der Waals surface area contributed by atoms with Crippen LogP contribution in [0.1, 0.15) is 25.3 Å². The Bertz CT molecular complexity index is 420. The molecule has 1 aliphatic rings. The average molecular weight is 264 g/mol. The maximum atomic E-state index is 12.1. The standard InChI is InChI=1S/C15H20O4/c1-3-18-10-11-19-14(16)15(8-9-15)12-4-6-13(17-2)7-5-12/h4-7H,3,8-11H2,1-2H3. The summed E-state index contributed by atoms with van der Waals surface area (Å²) >= 11 is 0. The molecular formula is C15H20O4. The SMILES string of the molecule is CCOCCOC(=O)C1(c2ccc(OC)cc2)CC1. The van der Waals surface area contributed by atoms with E-state index in [2.05, 4.69) is 0 Å². The molecule has 4 nitrogen and oxygen atoms in total. The summed E-state index contributed by atoms with van der Waals surface area (Å²) in [6, 6.07) is 7.64. The predicted molar refractivity (Wildman–Crippen MR) is 71.4 cm³/mol. The number of methoxy groups -OCH3 is 1. The zero-order chi connectivity index (χ0) is 13.7. The van der Waals surface area contributed by atoms with Crippen molar-refractivity contribution in [1.29, 1.82) is 0 Å². The summed E-state index contributed by atoms with van der Waals surface area (Å²) in [4.78, 5) is 12.1. The lowest BCUT2D eigenvalue weighted by Crippen LogP contribution is -2.24. The molecular weight excluding hydrogens is 244 g/mol. The second kappa shape index (κ2) is 6.06. The zero-order valence-corrected chi connectivity index (χ0v) is 11.5. The van der Waals surface area contributed by atoms with Crippen LogP contribution in [0, 0.1) is 0 Å². The van der Waals surface area contributed by atoms with Gasteiger partial charge in [-0.05, 0) is 37.5 Å². The van der Waals surface area contributed by atoms with Crippen molar-refractivity contribution in [3.8, 4) is 5.75 Å². The molecule has 0 aliphatic heterocycles. The Balaban J connectivity index is 1.95. The predicted octanol–water partition coefficient (Wildman–Crippen LogP) is 2.31. The molecule has 0 atom stereocenters. The first-order valence-electron chi connectivity index (χ1n) is 6.62. The molecule has 1 saturated carbocycles. The van der Waals surface area contributed by atoms with E-state index in [-0.39, 0.29) is 5.97 Å². The Morgan fingerprint density at radius 2 is 1.89 bits per heavy atom. The summed E-state index contributed by atoms with van der Waals surface area (Å²) in [5.41, 5.74) is 0.577.